The van der Waals surface area contributed by atoms with Crippen LogP contribution in [-0.2, 0) is 10.0 Å². The van der Waals surface area contributed by atoms with Crippen LogP contribution < -0.4 is 0 Å². The van der Waals surface area contributed by atoms with Crippen LogP contribution in [0.15, 0.2) is 125 Å². The molecule has 0 aliphatic carbocycles. The smallest absolute Gasteiger partial charge is 0.284 e. The lowest BCUT2D eigenvalue weighted by molar-refractivity contribution is 0.150. The second-order valence-corrected chi connectivity index (χ2v) is 10.6. The van der Waals surface area contributed by atoms with E-state index in [9.17, 15) is 12.8 Å². The summed E-state index contributed by atoms with van der Waals surface area (Å²) in [6.07, 6.45) is 0. The summed E-state index contributed by atoms with van der Waals surface area (Å²) in [6, 6.07) is 35.1. The SMILES string of the molecule is O=S(=O)(N=C(c1ccccc1)N1CCN(C(c2ccccc2)c2ccccc2)CC1)c1ccc(F)cc1. The van der Waals surface area contributed by atoms with Crippen molar-refractivity contribution in [2.45, 2.75) is 10.9 Å². The minimum Gasteiger partial charge on any atom is -0.353 e. The number of piperazine rings is 1. The summed E-state index contributed by atoms with van der Waals surface area (Å²) in [5, 5.41) is 0. The molecule has 4 aromatic rings. The molecule has 1 aliphatic rings. The molecule has 5 nitrogen and oxygen atoms in total. The highest BCUT2D eigenvalue weighted by Crippen LogP contribution is 2.30. The van der Waals surface area contributed by atoms with Gasteiger partial charge < -0.3 is 4.90 Å². The van der Waals surface area contributed by atoms with Gasteiger partial charge in [-0.25, -0.2) is 4.39 Å². The third-order valence-electron chi connectivity index (χ3n) is 6.56. The highest BCUT2D eigenvalue weighted by molar-refractivity contribution is 7.90. The predicted molar refractivity (Wildman–Crippen MR) is 144 cm³/mol. The van der Waals surface area contributed by atoms with Crippen molar-refractivity contribution in [1.82, 2.24) is 9.80 Å². The quantitative estimate of drug-likeness (QED) is 0.257. The van der Waals surface area contributed by atoms with Crippen molar-refractivity contribution in [1.29, 1.82) is 0 Å². The first-order valence-corrected chi connectivity index (χ1v) is 13.7. The number of hydrogen-bond acceptors (Lipinski definition) is 3. The molecule has 7 heteroatoms. The number of nitrogens with zero attached hydrogens (tertiary/aromatic N) is 3. The molecule has 1 aliphatic heterocycles. The highest BCUT2D eigenvalue weighted by Gasteiger charge is 2.29. The molecule has 0 unspecified atom stereocenters. The molecular weight excluding hydrogens is 485 g/mol. The van der Waals surface area contributed by atoms with Crippen molar-refractivity contribution >= 4 is 15.9 Å². The molecule has 1 fully saturated rings. The van der Waals surface area contributed by atoms with Crippen molar-refractivity contribution in [2.75, 3.05) is 26.2 Å². The van der Waals surface area contributed by atoms with Crippen LogP contribution >= 0.6 is 0 Å². The first-order valence-electron chi connectivity index (χ1n) is 12.3. The molecule has 1 saturated heterocycles. The predicted octanol–water partition coefficient (Wildman–Crippen LogP) is 5.37. The largest absolute Gasteiger partial charge is 0.353 e. The first-order chi connectivity index (χ1) is 18.0. The van der Waals surface area contributed by atoms with Gasteiger partial charge in [0.05, 0.1) is 10.9 Å². The molecule has 188 valence electrons. The molecule has 0 N–H and O–H groups in total. The van der Waals surface area contributed by atoms with Crippen molar-refractivity contribution < 1.29 is 12.8 Å². The zero-order valence-corrected chi connectivity index (χ0v) is 21.1. The summed E-state index contributed by atoms with van der Waals surface area (Å²) in [6.45, 7) is 2.69. The third-order valence-corrected chi connectivity index (χ3v) is 7.84. The maximum Gasteiger partial charge on any atom is 0.284 e. The van der Waals surface area contributed by atoms with E-state index in [1.54, 1.807) is 0 Å². The van der Waals surface area contributed by atoms with Gasteiger partial charge in [0.2, 0.25) is 0 Å². The lowest BCUT2D eigenvalue weighted by atomic mass is 9.96. The van der Waals surface area contributed by atoms with E-state index >= 15 is 0 Å². The minimum atomic E-state index is -4.02. The zero-order valence-electron chi connectivity index (χ0n) is 20.3. The molecule has 0 spiro atoms. The molecule has 0 atom stereocenters. The van der Waals surface area contributed by atoms with Crippen LogP contribution in [0.5, 0.6) is 0 Å². The molecule has 1 heterocycles. The Bertz CT molecular complexity index is 1400. The number of benzene rings is 4. The summed E-state index contributed by atoms with van der Waals surface area (Å²) >= 11 is 0. The highest BCUT2D eigenvalue weighted by atomic mass is 32.2. The van der Waals surface area contributed by atoms with Gasteiger partial charge in [-0.15, -0.1) is 4.40 Å². The number of amidine groups is 1. The number of sulfonamides is 1. The number of rotatable bonds is 6. The Kier molecular flexibility index (Phi) is 7.44. The fraction of sp³-hybridized carbons (Fsp3) is 0.167. The maximum absolute atomic E-state index is 13.4. The van der Waals surface area contributed by atoms with Gasteiger partial charge in [-0.1, -0.05) is 91.0 Å². The Morgan fingerprint density at radius 3 is 1.68 bits per heavy atom. The summed E-state index contributed by atoms with van der Waals surface area (Å²) in [5.74, 6) is -0.0886. The Morgan fingerprint density at radius 1 is 0.676 bits per heavy atom. The van der Waals surface area contributed by atoms with E-state index in [4.69, 9.17) is 0 Å². The van der Waals surface area contributed by atoms with Crippen LogP contribution in [0.2, 0.25) is 0 Å². The van der Waals surface area contributed by atoms with Crippen molar-refractivity contribution in [3.63, 3.8) is 0 Å². The normalized spacial score (nSPS) is 15.2. The minimum absolute atomic E-state index is 0.0332. The van der Waals surface area contributed by atoms with E-state index in [0.717, 1.165) is 30.8 Å². The van der Waals surface area contributed by atoms with E-state index in [2.05, 4.69) is 57.8 Å². The van der Waals surface area contributed by atoms with Gasteiger partial charge in [0.25, 0.3) is 10.0 Å². The van der Waals surface area contributed by atoms with Crippen LogP contribution in [-0.4, -0.2) is 50.2 Å². The first kappa shape index (κ1) is 24.9. The van der Waals surface area contributed by atoms with Crippen LogP contribution in [0.3, 0.4) is 0 Å². The Morgan fingerprint density at radius 2 is 1.16 bits per heavy atom. The summed E-state index contributed by atoms with van der Waals surface area (Å²) in [4.78, 5) is 4.42. The van der Waals surface area contributed by atoms with Gasteiger partial charge in [-0.2, -0.15) is 8.42 Å². The summed E-state index contributed by atoms with van der Waals surface area (Å²) in [7, 11) is -4.02. The maximum atomic E-state index is 13.4. The van der Waals surface area contributed by atoms with Crippen molar-refractivity contribution in [3.05, 3.63) is 138 Å². The van der Waals surface area contributed by atoms with E-state index in [-0.39, 0.29) is 10.9 Å². The standard InChI is InChI=1S/C30H28FN3O2S/c31-27-16-18-28(19-17-27)37(35,36)32-30(26-14-8-3-9-15-26)34-22-20-33(21-23-34)29(24-10-4-1-5-11-24)25-12-6-2-7-13-25/h1-19,29H,20-23H2. The van der Waals surface area contributed by atoms with Crippen molar-refractivity contribution in [2.24, 2.45) is 4.40 Å². The van der Waals surface area contributed by atoms with E-state index in [0.29, 0.717) is 18.9 Å². The fourth-order valence-electron chi connectivity index (χ4n) is 4.73. The summed E-state index contributed by atoms with van der Waals surface area (Å²) < 4.78 is 44.0. The average molecular weight is 514 g/mol. The lowest BCUT2D eigenvalue weighted by Gasteiger charge is -2.41. The van der Waals surface area contributed by atoms with Gasteiger partial charge in [0.1, 0.15) is 11.7 Å². The second-order valence-electron chi connectivity index (χ2n) is 8.96. The zero-order chi connectivity index (χ0) is 25.7. The van der Waals surface area contributed by atoms with Crippen LogP contribution in [0.25, 0.3) is 0 Å². The molecular formula is C30H28FN3O2S. The Balaban J connectivity index is 1.44. The topological polar surface area (TPSA) is 53.0 Å². The lowest BCUT2D eigenvalue weighted by Crippen LogP contribution is -2.50. The van der Waals surface area contributed by atoms with Gasteiger partial charge in [0, 0.05) is 31.7 Å². The van der Waals surface area contributed by atoms with E-state index in [1.165, 1.54) is 23.3 Å². The molecule has 0 bridgehead atoms. The monoisotopic (exact) mass is 513 g/mol. The van der Waals surface area contributed by atoms with Crippen LogP contribution in [0, 0.1) is 5.82 Å². The van der Waals surface area contributed by atoms with E-state index < -0.39 is 15.8 Å². The molecule has 37 heavy (non-hydrogen) atoms. The average Bonchev–Trinajstić information content (AvgIpc) is 2.94. The third kappa shape index (κ3) is 5.79. The van der Waals surface area contributed by atoms with Gasteiger partial charge >= 0.3 is 0 Å². The second kappa shape index (κ2) is 11.1. The molecule has 0 amide bonds. The molecule has 4 aromatic carbocycles. The van der Waals surface area contributed by atoms with Crippen molar-refractivity contribution in [3.8, 4) is 0 Å². The van der Waals surface area contributed by atoms with Gasteiger partial charge in [-0.3, -0.25) is 4.90 Å². The number of hydrogen-bond donors (Lipinski definition) is 0. The molecule has 0 saturated carbocycles. The Hall–Kier alpha value is -3.81. The van der Waals surface area contributed by atoms with E-state index in [1.807, 2.05) is 47.4 Å². The Labute approximate surface area is 217 Å². The summed E-state index contributed by atoms with van der Waals surface area (Å²) in [5.41, 5.74) is 3.17. The van der Waals surface area contributed by atoms with Gasteiger partial charge in [-0.05, 0) is 35.4 Å². The molecule has 5 rings (SSSR count). The fourth-order valence-corrected chi connectivity index (χ4v) is 5.76. The number of halogens is 1. The van der Waals surface area contributed by atoms with Gasteiger partial charge in [0.15, 0.2) is 0 Å². The van der Waals surface area contributed by atoms with Crippen LogP contribution in [0.4, 0.5) is 4.39 Å². The molecule has 0 aromatic heterocycles. The van der Waals surface area contributed by atoms with Crippen LogP contribution in [0.1, 0.15) is 22.7 Å². The molecule has 0 radical (unpaired) electrons.